The van der Waals surface area contributed by atoms with Crippen LogP contribution >= 0.6 is 0 Å². The summed E-state index contributed by atoms with van der Waals surface area (Å²) in [6.07, 6.45) is 3.37. The Morgan fingerprint density at radius 1 is 1.07 bits per heavy atom. The number of hydrogen-bond acceptors (Lipinski definition) is 6. The third kappa shape index (κ3) is 3.89. The second-order valence-corrected chi connectivity index (χ2v) is 6.76. The summed E-state index contributed by atoms with van der Waals surface area (Å²) in [6.45, 7) is 4.21. The number of benzene rings is 1. The Balaban J connectivity index is 1.43. The Morgan fingerprint density at radius 3 is 2.48 bits per heavy atom. The molecule has 0 bridgehead atoms. The Hall–Kier alpha value is -3.49. The molecule has 1 amide bonds. The molecule has 2 aromatic heterocycles. The molecular formula is C20H21FN6O2. The van der Waals surface area contributed by atoms with Gasteiger partial charge in [0.15, 0.2) is 17.4 Å². The van der Waals surface area contributed by atoms with Crippen LogP contribution in [0.3, 0.4) is 0 Å². The second-order valence-electron chi connectivity index (χ2n) is 6.76. The van der Waals surface area contributed by atoms with Crippen molar-refractivity contribution >= 4 is 11.7 Å². The summed E-state index contributed by atoms with van der Waals surface area (Å²) in [5.41, 5.74) is 1.22. The average molecular weight is 396 g/mol. The van der Waals surface area contributed by atoms with E-state index < -0.39 is 5.82 Å². The summed E-state index contributed by atoms with van der Waals surface area (Å²) < 4.78 is 20.5. The Labute approximate surface area is 167 Å². The van der Waals surface area contributed by atoms with Gasteiger partial charge in [-0.3, -0.25) is 4.79 Å². The molecule has 150 valence electrons. The van der Waals surface area contributed by atoms with Crippen molar-refractivity contribution in [3.8, 4) is 11.6 Å². The molecule has 1 saturated heterocycles. The van der Waals surface area contributed by atoms with Crippen molar-refractivity contribution in [3.05, 3.63) is 59.9 Å². The zero-order valence-corrected chi connectivity index (χ0v) is 16.2. The van der Waals surface area contributed by atoms with Gasteiger partial charge in [0, 0.05) is 44.0 Å². The first-order chi connectivity index (χ1) is 14.0. The van der Waals surface area contributed by atoms with Crippen LogP contribution in [0.4, 0.5) is 10.2 Å². The number of aryl methyl sites for hydroxylation is 1. The zero-order chi connectivity index (χ0) is 20.4. The first-order valence-corrected chi connectivity index (χ1v) is 9.27. The molecule has 0 spiro atoms. The Morgan fingerprint density at radius 2 is 1.83 bits per heavy atom. The van der Waals surface area contributed by atoms with Crippen molar-refractivity contribution in [2.24, 2.45) is 0 Å². The molecule has 9 heteroatoms. The number of carbonyl (C=O) groups is 1. The molecule has 3 aromatic rings. The summed E-state index contributed by atoms with van der Waals surface area (Å²) in [6, 6.07) is 8.06. The first-order valence-electron chi connectivity index (χ1n) is 9.27. The monoisotopic (exact) mass is 396 g/mol. The maximum Gasteiger partial charge on any atom is 0.254 e. The van der Waals surface area contributed by atoms with Crippen molar-refractivity contribution in [1.82, 2.24) is 24.6 Å². The van der Waals surface area contributed by atoms with E-state index in [0.29, 0.717) is 37.6 Å². The normalized spacial score (nSPS) is 14.2. The van der Waals surface area contributed by atoms with E-state index >= 15 is 0 Å². The molecule has 3 heterocycles. The molecule has 8 nitrogen and oxygen atoms in total. The molecule has 0 saturated carbocycles. The first kappa shape index (κ1) is 18.9. The number of nitrogens with zero attached hydrogens (tertiary/aromatic N) is 6. The number of ether oxygens (including phenoxy) is 1. The standard InChI is InChI=1S/C20H21FN6O2/c1-14-5-6-27(24-14)19-12-18(22-13-23-19)25-7-9-26(10-8-25)20(28)15-3-4-17(29-2)16(21)11-15/h3-6,11-13H,7-10H2,1-2H3. The lowest BCUT2D eigenvalue weighted by molar-refractivity contribution is 0.0746. The molecule has 0 atom stereocenters. The summed E-state index contributed by atoms with van der Waals surface area (Å²) in [5.74, 6) is 0.861. The zero-order valence-electron chi connectivity index (χ0n) is 16.2. The number of amides is 1. The van der Waals surface area contributed by atoms with Crippen LogP contribution in [0.1, 0.15) is 16.1 Å². The smallest absolute Gasteiger partial charge is 0.254 e. The third-order valence-electron chi connectivity index (χ3n) is 4.88. The summed E-state index contributed by atoms with van der Waals surface area (Å²) in [7, 11) is 1.39. The van der Waals surface area contributed by atoms with E-state index in [-0.39, 0.29) is 11.7 Å². The van der Waals surface area contributed by atoms with Crippen molar-refractivity contribution in [2.45, 2.75) is 6.92 Å². The van der Waals surface area contributed by atoms with E-state index in [1.54, 1.807) is 15.6 Å². The van der Waals surface area contributed by atoms with Crippen LogP contribution in [-0.4, -0.2) is 63.8 Å². The predicted molar refractivity (Wildman–Crippen MR) is 105 cm³/mol. The topological polar surface area (TPSA) is 76.4 Å². The van der Waals surface area contributed by atoms with E-state index in [0.717, 1.165) is 11.5 Å². The minimum atomic E-state index is -0.542. The van der Waals surface area contributed by atoms with Gasteiger partial charge in [0.1, 0.15) is 12.1 Å². The van der Waals surface area contributed by atoms with E-state index in [1.165, 1.54) is 25.6 Å². The maximum atomic E-state index is 13.9. The van der Waals surface area contributed by atoms with Crippen molar-refractivity contribution < 1.29 is 13.9 Å². The SMILES string of the molecule is COc1ccc(C(=O)N2CCN(c3cc(-n4ccc(C)n4)ncn3)CC2)cc1F. The van der Waals surface area contributed by atoms with Crippen molar-refractivity contribution in [3.63, 3.8) is 0 Å². The quantitative estimate of drug-likeness (QED) is 0.672. The van der Waals surface area contributed by atoms with Gasteiger partial charge in [-0.05, 0) is 31.2 Å². The largest absolute Gasteiger partial charge is 0.494 e. The number of anilines is 1. The molecule has 4 rings (SSSR count). The molecule has 0 aliphatic carbocycles. The molecular weight excluding hydrogens is 375 g/mol. The van der Waals surface area contributed by atoms with Gasteiger partial charge in [0.05, 0.1) is 12.8 Å². The van der Waals surface area contributed by atoms with E-state index in [1.807, 2.05) is 25.3 Å². The number of carbonyl (C=O) groups excluding carboxylic acids is 1. The van der Waals surface area contributed by atoms with Gasteiger partial charge in [-0.2, -0.15) is 5.10 Å². The minimum absolute atomic E-state index is 0.123. The van der Waals surface area contributed by atoms with Crippen LogP contribution < -0.4 is 9.64 Å². The van der Waals surface area contributed by atoms with E-state index in [4.69, 9.17) is 4.74 Å². The van der Waals surface area contributed by atoms with E-state index in [9.17, 15) is 9.18 Å². The number of rotatable bonds is 4. The highest BCUT2D eigenvalue weighted by Crippen LogP contribution is 2.20. The summed E-state index contributed by atoms with van der Waals surface area (Å²) in [5, 5.41) is 4.37. The van der Waals surface area contributed by atoms with Crippen molar-refractivity contribution in [1.29, 1.82) is 0 Å². The van der Waals surface area contributed by atoms with Crippen LogP contribution in [0.5, 0.6) is 5.75 Å². The number of halogens is 1. The highest BCUT2D eigenvalue weighted by Gasteiger charge is 2.24. The Kier molecular flexibility index (Phi) is 5.11. The van der Waals surface area contributed by atoms with Crippen LogP contribution in [0.2, 0.25) is 0 Å². The molecule has 0 unspecified atom stereocenters. The third-order valence-corrected chi connectivity index (χ3v) is 4.88. The second kappa shape index (κ2) is 7.86. The number of methoxy groups -OCH3 is 1. The molecule has 1 aromatic carbocycles. The maximum absolute atomic E-state index is 13.9. The Bertz CT molecular complexity index is 1030. The summed E-state index contributed by atoms with van der Waals surface area (Å²) >= 11 is 0. The lowest BCUT2D eigenvalue weighted by atomic mass is 10.1. The van der Waals surface area contributed by atoms with Crippen LogP contribution in [-0.2, 0) is 0 Å². The van der Waals surface area contributed by atoms with Gasteiger partial charge in [0.2, 0.25) is 0 Å². The fourth-order valence-corrected chi connectivity index (χ4v) is 3.30. The molecule has 1 aliphatic rings. The van der Waals surface area contributed by atoms with Gasteiger partial charge in [-0.1, -0.05) is 0 Å². The molecule has 1 aliphatic heterocycles. The number of hydrogen-bond donors (Lipinski definition) is 0. The van der Waals surface area contributed by atoms with Gasteiger partial charge in [-0.25, -0.2) is 19.0 Å². The van der Waals surface area contributed by atoms with Gasteiger partial charge < -0.3 is 14.5 Å². The highest BCUT2D eigenvalue weighted by molar-refractivity contribution is 5.94. The molecule has 1 fully saturated rings. The molecule has 29 heavy (non-hydrogen) atoms. The lowest BCUT2D eigenvalue weighted by Crippen LogP contribution is -2.49. The van der Waals surface area contributed by atoms with Crippen LogP contribution in [0.15, 0.2) is 42.9 Å². The fourth-order valence-electron chi connectivity index (χ4n) is 3.30. The average Bonchev–Trinajstić information content (AvgIpc) is 3.20. The van der Waals surface area contributed by atoms with Crippen molar-refractivity contribution in [2.75, 3.05) is 38.2 Å². The van der Waals surface area contributed by atoms with E-state index in [2.05, 4.69) is 20.0 Å². The minimum Gasteiger partial charge on any atom is -0.494 e. The lowest BCUT2D eigenvalue weighted by Gasteiger charge is -2.35. The van der Waals surface area contributed by atoms with Gasteiger partial charge in [-0.15, -0.1) is 0 Å². The number of piperazine rings is 1. The molecule has 0 radical (unpaired) electrons. The molecule has 0 N–H and O–H groups in total. The van der Waals surface area contributed by atoms with Crippen LogP contribution in [0.25, 0.3) is 5.82 Å². The highest BCUT2D eigenvalue weighted by atomic mass is 19.1. The van der Waals surface area contributed by atoms with Crippen LogP contribution in [0, 0.1) is 12.7 Å². The fraction of sp³-hybridized carbons (Fsp3) is 0.300. The van der Waals surface area contributed by atoms with Gasteiger partial charge >= 0.3 is 0 Å². The number of aromatic nitrogens is 4. The van der Waals surface area contributed by atoms with Gasteiger partial charge in [0.25, 0.3) is 5.91 Å². The summed E-state index contributed by atoms with van der Waals surface area (Å²) in [4.78, 5) is 25.2. The predicted octanol–water partition coefficient (Wildman–Crippen LogP) is 2.08.